The van der Waals surface area contributed by atoms with E-state index in [0.717, 1.165) is 49.4 Å². The lowest BCUT2D eigenvalue weighted by molar-refractivity contribution is -0.285. The fraction of sp³-hybridized carbons (Fsp3) is 0.552. The molecule has 0 aliphatic carbocycles. The van der Waals surface area contributed by atoms with E-state index in [1.165, 1.54) is 25.2 Å². The summed E-state index contributed by atoms with van der Waals surface area (Å²) in [7, 11) is 1.52. The normalized spacial score (nSPS) is 19.1. The van der Waals surface area contributed by atoms with Crippen molar-refractivity contribution in [2.75, 3.05) is 38.1 Å². The zero-order valence-electron chi connectivity index (χ0n) is 23.1. The first-order chi connectivity index (χ1) is 19.3. The number of hydrogen-bond acceptors (Lipinski definition) is 5. The molecule has 41 heavy (non-hydrogen) atoms. The maximum atomic E-state index is 15.0. The molecule has 2 amide bonds. The molecule has 0 spiro atoms. The molecular weight excluding hydrogens is 564 g/mol. The fourth-order valence-electron chi connectivity index (χ4n) is 5.81. The molecule has 2 fully saturated rings. The molecule has 0 saturated carbocycles. The number of nitrogens with one attached hydrogen (secondary N) is 1. The van der Waals surface area contributed by atoms with Gasteiger partial charge in [-0.3, -0.25) is 9.59 Å². The van der Waals surface area contributed by atoms with Gasteiger partial charge in [0.25, 0.3) is 11.8 Å². The lowest BCUT2D eigenvalue weighted by Gasteiger charge is -2.43. The van der Waals surface area contributed by atoms with Crippen LogP contribution in [0.15, 0.2) is 42.5 Å². The Morgan fingerprint density at radius 2 is 1.54 bits per heavy atom. The number of anilines is 1. The van der Waals surface area contributed by atoms with Gasteiger partial charge < -0.3 is 20.2 Å². The van der Waals surface area contributed by atoms with Crippen molar-refractivity contribution < 1.29 is 32.3 Å². The lowest BCUT2D eigenvalue weighted by atomic mass is 9.80. The molecule has 12 heteroatoms. The van der Waals surface area contributed by atoms with Gasteiger partial charge in [0.05, 0.1) is 5.56 Å². The van der Waals surface area contributed by atoms with Crippen LogP contribution in [-0.2, 0) is 10.4 Å². The number of benzene rings is 1. The summed E-state index contributed by atoms with van der Waals surface area (Å²) in [4.78, 5) is 32.7. The summed E-state index contributed by atoms with van der Waals surface area (Å²) in [5.41, 5.74) is -3.95. The summed E-state index contributed by atoms with van der Waals surface area (Å²) in [5.74, 6) is -10.00. The number of hydrogen-bond donors (Lipinski definition) is 2. The Balaban J connectivity index is 1.34. The highest BCUT2D eigenvalue weighted by Gasteiger charge is 2.71. The molecule has 7 nitrogen and oxygen atoms in total. The molecule has 1 aromatic heterocycles. The van der Waals surface area contributed by atoms with Crippen LogP contribution < -0.4 is 10.2 Å². The van der Waals surface area contributed by atoms with E-state index in [-0.39, 0.29) is 37.0 Å². The number of alkyl halides is 4. The molecule has 2 aromatic rings. The first kappa shape index (κ1) is 31.0. The van der Waals surface area contributed by atoms with Gasteiger partial charge in [-0.1, -0.05) is 41.9 Å². The molecule has 1 atom stereocenters. The summed E-state index contributed by atoms with van der Waals surface area (Å²) in [5, 5.41) is 13.7. The first-order valence-electron chi connectivity index (χ1n) is 13.8. The topological polar surface area (TPSA) is 85.8 Å². The summed E-state index contributed by atoms with van der Waals surface area (Å²) in [6.45, 7) is 1.73. The molecule has 224 valence electrons. The second-order valence-corrected chi connectivity index (χ2v) is 11.4. The number of pyridine rings is 1. The molecule has 0 unspecified atom stereocenters. The van der Waals surface area contributed by atoms with Crippen molar-refractivity contribution in [1.29, 1.82) is 0 Å². The van der Waals surface area contributed by atoms with Crippen LogP contribution in [0.3, 0.4) is 0 Å². The maximum absolute atomic E-state index is 15.0. The third-order valence-electron chi connectivity index (χ3n) is 8.32. The molecule has 0 radical (unpaired) electrons. The first-order valence-corrected chi connectivity index (χ1v) is 14.1. The Bertz CT molecular complexity index is 1230. The van der Waals surface area contributed by atoms with E-state index in [2.05, 4.69) is 15.2 Å². The highest BCUT2D eigenvalue weighted by molar-refractivity contribution is 6.32. The van der Waals surface area contributed by atoms with Gasteiger partial charge in [0.2, 0.25) is 5.60 Å². The van der Waals surface area contributed by atoms with E-state index in [0.29, 0.717) is 30.1 Å². The van der Waals surface area contributed by atoms with Gasteiger partial charge in [-0.15, -0.1) is 0 Å². The van der Waals surface area contributed by atoms with Crippen LogP contribution in [0.4, 0.5) is 23.4 Å². The number of piperidine rings is 2. The molecule has 2 aliphatic rings. The van der Waals surface area contributed by atoms with Crippen molar-refractivity contribution in [1.82, 2.24) is 15.2 Å². The number of halogens is 5. The molecule has 2 saturated heterocycles. The Kier molecular flexibility index (Phi) is 9.18. The van der Waals surface area contributed by atoms with E-state index in [1.54, 1.807) is 12.1 Å². The molecule has 4 rings (SSSR count). The van der Waals surface area contributed by atoms with Crippen LogP contribution in [0.2, 0.25) is 5.15 Å². The number of aromatic nitrogens is 1. The second kappa shape index (κ2) is 12.1. The highest BCUT2D eigenvalue weighted by atomic mass is 35.5. The number of rotatable bonds is 8. The monoisotopic (exact) mass is 598 g/mol. The summed E-state index contributed by atoms with van der Waals surface area (Å²) in [6, 6.07) is 9.69. The van der Waals surface area contributed by atoms with Crippen molar-refractivity contribution >= 4 is 29.2 Å². The van der Waals surface area contributed by atoms with Crippen molar-refractivity contribution in [3.63, 3.8) is 0 Å². The van der Waals surface area contributed by atoms with Crippen LogP contribution >= 0.6 is 11.6 Å². The van der Waals surface area contributed by atoms with Crippen LogP contribution in [0, 0.1) is 11.8 Å². The van der Waals surface area contributed by atoms with Crippen molar-refractivity contribution in [3.8, 4) is 0 Å². The SMILES string of the molecule is CNC(=O)c1ccc(N2CCC(CC3CCN(C(=O)[C@](O)(c4ccccc4)C(F)(F)C(C)(F)F)CC3)CC2)nc1Cl. The fourth-order valence-corrected chi connectivity index (χ4v) is 6.05. The summed E-state index contributed by atoms with van der Waals surface area (Å²) in [6.07, 6.45) is 3.76. The quantitative estimate of drug-likeness (QED) is 0.326. The zero-order valence-corrected chi connectivity index (χ0v) is 23.8. The van der Waals surface area contributed by atoms with Gasteiger partial charge in [-0.2, -0.15) is 8.78 Å². The van der Waals surface area contributed by atoms with Gasteiger partial charge in [-0.05, 0) is 61.6 Å². The smallest absolute Gasteiger partial charge is 0.350 e. The number of nitrogens with zero attached hydrogens (tertiary/aromatic N) is 3. The number of amides is 2. The summed E-state index contributed by atoms with van der Waals surface area (Å²) < 4.78 is 58.1. The van der Waals surface area contributed by atoms with Gasteiger partial charge in [0.15, 0.2) is 0 Å². The van der Waals surface area contributed by atoms with Gasteiger partial charge in [-0.25, -0.2) is 13.8 Å². The number of carbonyl (C=O) groups excluding carboxylic acids is 2. The Hall–Kier alpha value is -2.92. The van der Waals surface area contributed by atoms with Crippen LogP contribution in [0.1, 0.15) is 54.9 Å². The van der Waals surface area contributed by atoms with Gasteiger partial charge in [0, 0.05) is 40.2 Å². The Morgan fingerprint density at radius 1 is 0.976 bits per heavy atom. The van der Waals surface area contributed by atoms with E-state index in [4.69, 9.17) is 11.6 Å². The maximum Gasteiger partial charge on any atom is 0.350 e. The highest BCUT2D eigenvalue weighted by Crippen LogP contribution is 2.49. The Labute approximate surface area is 241 Å². The Morgan fingerprint density at radius 3 is 2.05 bits per heavy atom. The summed E-state index contributed by atoms with van der Waals surface area (Å²) >= 11 is 6.20. The van der Waals surface area contributed by atoms with E-state index >= 15 is 8.78 Å². The lowest BCUT2D eigenvalue weighted by Crippen LogP contribution is -2.63. The van der Waals surface area contributed by atoms with Crippen LogP contribution in [-0.4, -0.2) is 71.9 Å². The minimum atomic E-state index is -5.02. The third kappa shape index (κ3) is 6.16. The predicted octanol–water partition coefficient (Wildman–Crippen LogP) is 5.12. The van der Waals surface area contributed by atoms with Crippen LogP contribution in [0.5, 0.6) is 0 Å². The average molecular weight is 599 g/mol. The minimum Gasteiger partial charge on any atom is -0.371 e. The molecular formula is C29H35ClF4N4O3. The molecule has 1 aromatic carbocycles. The largest absolute Gasteiger partial charge is 0.371 e. The van der Waals surface area contributed by atoms with Crippen molar-refractivity contribution in [2.24, 2.45) is 11.8 Å². The zero-order chi connectivity index (χ0) is 30.0. The van der Waals surface area contributed by atoms with Crippen LogP contribution in [0.25, 0.3) is 0 Å². The number of carbonyl (C=O) groups is 2. The molecule has 3 heterocycles. The number of aliphatic hydroxyl groups is 1. The van der Waals surface area contributed by atoms with E-state index < -0.39 is 28.9 Å². The third-order valence-corrected chi connectivity index (χ3v) is 8.61. The standard InChI is InChI=1S/C29H35ClF4N4O3/c1-27(31,32)29(33,34)28(41,21-6-4-3-5-7-21)26(40)38-16-12-20(13-17-38)18-19-10-14-37(15-11-19)23-9-8-22(24(30)36-23)25(39)35-2/h3-9,19-20,41H,10-18H2,1-2H3,(H,35,39)/t28-/m1/s1. The minimum absolute atomic E-state index is 0.0102. The average Bonchev–Trinajstić information content (AvgIpc) is 2.96. The molecule has 2 N–H and O–H groups in total. The number of likely N-dealkylation sites (tertiary alicyclic amines) is 1. The van der Waals surface area contributed by atoms with Gasteiger partial charge in [0.1, 0.15) is 11.0 Å². The molecule has 0 bridgehead atoms. The second-order valence-electron chi connectivity index (χ2n) is 11.0. The van der Waals surface area contributed by atoms with Gasteiger partial charge >= 0.3 is 11.8 Å². The predicted molar refractivity (Wildman–Crippen MR) is 147 cm³/mol. The van der Waals surface area contributed by atoms with Crippen molar-refractivity contribution in [3.05, 3.63) is 58.7 Å². The van der Waals surface area contributed by atoms with E-state index in [1.807, 2.05) is 0 Å². The molecule has 2 aliphatic heterocycles. The van der Waals surface area contributed by atoms with E-state index in [9.17, 15) is 23.5 Å². The van der Waals surface area contributed by atoms with Crippen molar-refractivity contribution in [2.45, 2.75) is 56.5 Å².